The van der Waals surface area contributed by atoms with Crippen molar-refractivity contribution in [3.8, 4) is 11.5 Å². The van der Waals surface area contributed by atoms with Crippen LogP contribution in [0.5, 0.6) is 11.5 Å². The molecule has 0 aromatic heterocycles. The molecule has 3 rings (SSSR count). The van der Waals surface area contributed by atoms with Crippen LogP contribution in [0.15, 0.2) is 23.8 Å². The van der Waals surface area contributed by atoms with Gasteiger partial charge in [0.15, 0.2) is 11.5 Å². The monoisotopic (exact) mass is 366 g/mol. The van der Waals surface area contributed by atoms with Crippen molar-refractivity contribution in [2.45, 2.75) is 32.7 Å². The average molecular weight is 367 g/mol. The molecule has 1 aromatic rings. The van der Waals surface area contributed by atoms with Gasteiger partial charge in [-0.2, -0.15) is 0 Å². The Bertz CT molecular complexity index is 648. The number of ether oxygens (including phenoxy) is 2. The van der Waals surface area contributed by atoms with Gasteiger partial charge in [0, 0.05) is 24.7 Å². The van der Waals surface area contributed by atoms with Crippen LogP contribution in [-0.2, 0) is 4.79 Å². The van der Waals surface area contributed by atoms with Crippen LogP contribution in [0.4, 0.5) is 0 Å². The zero-order chi connectivity index (χ0) is 17.1. The lowest BCUT2D eigenvalue weighted by molar-refractivity contribution is -0.131. The Balaban J connectivity index is 0.00000225. The predicted octanol–water partition coefficient (Wildman–Crippen LogP) is 2.87. The lowest BCUT2D eigenvalue weighted by atomic mass is 9.91. The van der Waals surface area contributed by atoms with Gasteiger partial charge < -0.3 is 20.1 Å². The fourth-order valence-corrected chi connectivity index (χ4v) is 3.50. The number of nitrogens with zero attached hydrogens (tertiary/aromatic N) is 1. The summed E-state index contributed by atoms with van der Waals surface area (Å²) in [7, 11) is 0. The Labute approximate surface area is 155 Å². The molecule has 1 amide bonds. The first-order chi connectivity index (χ1) is 11.6. The van der Waals surface area contributed by atoms with Crippen LogP contribution in [-0.4, -0.2) is 43.2 Å². The van der Waals surface area contributed by atoms with Crippen LogP contribution in [0.25, 0.3) is 6.08 Å². The number of halogens is 1. The third-order valence-electron chi connectivity index (χ3n) is 4.80. The fourth-order valence-electron chi connectivity index (χ4n) is 3.50. The van der Waals surface area contributed by atoms with Crippen LogP contribution in [0.2, 0.25) is 0 Å². The number of likely N-dealkylation sites (tertiary alicyclic amines) is 1. The van der Waals surface area contributed by atoms with E-state index < -0.39 is 0 Å². The topological polar surface area (TPSA) is 64.8 Å². The molecule has 2 N–H and O–H groups in total. The van der Waals surface area contributed by atoms with Crippen molar-refractivity contribution in [3.05, 3.63) is 29.3 Å². The highest BCUT2D eigenvalue weighted by Crippen LogP contribution is 2.36. The zero-order valence-corrected chi connectivity index (χ0v) is 15.7. The third kappa shape index (κ3) is 4.10. The maximum atomic E-state index is 12.9. The van der Waals surface area contributed by atoms with E-state index in [0.717, 1.165) is 36.4 Å². The third-order valence-corrected chi connectivity index (χ3v) is 4.80. The number of piperidine rings is 1. The molecule has 0 aliphatic carbocycles. The first-order valence-corrected chi connectivity index (χ1v) is 8.74. The maximum absolute atomic E-state index is 12.9. The summed E-state index contributed by atoms with van der Waals surface area (Å²) >= 11 is 0. The van der Waals surface area contributed by atoms with Gasteiger partial charge in [0.2, 0.25) is 0 Å². The number of hydrogen-bond donors (Lipinski definition) is 1. The molecule has 2 heterocycles. The van der Waals surface area contributed by atoms with Crippen molar-refractivity contribution in [1.29, 1.82) is 0 Å². The number of hydrogen-bond acceptors (Lipinski definition) is 4. The van der Waals surface area contributed by atoms with Crippen molar-refractivity contribution in [3.63, 3.8) is 0 Å². The summed E-state index contributed by atoms with van der Waals surface area (Å²) in [5, 5.41) is 0. The van der Waals surface area contributed by atoms with E-state index in [1.54, 1.807) is 0 Å². The number of rotatable bonds is 4. The SMILES string of the molecule is CCOc1cccc2c1OCC(C(=O)N1CCC(C)CC1CN)=C2.Cl. The van der Waals surface area contributed by atoms with Gasteiger partial charge in [-0.05, 0) is 37.8 Å². The van der Waals surface area contributed by atoms with Gasteiger partial charge in [0.25, 0.3) is 5.91 Å². The van der Waals surface area contributed by atoms with E-state index >= 15 is 0 Å². The number of fused-ring (bicyclic) bond motifs is 1. The van der Waals surface area contributed by atoms with Gasteiger partial charge in [-0.25, -0.2) is 0 Å². The quantitative estimate of drug-likeness (QED) is 0.889. The molecule has 1 aromatic carbocycles. The molecule has 0 bridgehead atoms. The maximum Gasteiger partial charge on any atom is 0.253 e. The van der Waals surface area contributed by atoms with E-state index in [1.807, 2.05) is 36.1 Å². The lowest BCUT2D eigenvalue weighted by Gasteiger charge is -2.38. The van der Waals surface area contributed by atoms with E-state index in [-0.39, 0.29) is 31.0 Å². The Morgan fingerprint density at radius 3 is 2.96 bits per heavy atom. The van der Waals surface area contributed by atoms with Crippen molar-refractivity contribution < 1.29 is 14.3 Å². The summed E-state index contributed by atoms with van der Waals surface area (Å²) in [5.41, 5.74) is 7.47. The normalized spacial score (nSPS) is 22.2. The second kappa shape index (κ2) is 8.59. The summed E-state index contributed by atoms with van der Waals surface area (Å²) in [6, 6.07) is 5.88. The molecule has 2 aliphatic rings. The molecule has 138 valence electrons. The molecule has 2 atom stereocenters. The van der Waals surface area contributed by atoms with E-state index in [1.165, 1.54) is 0 Å². The molecule has 0 radical (unpaired) electrons. The van der Waals surface area contributed by atoms with E-state index in [0.29, 0.717) is 24.6 Å². The zero-order valence-electron chi connectivity index (χ0n) is 14.9. The molecular weight excluding hydrogens is 340 g/mol. The molecule has 0 spiro atoms. The molecule has 25 heavy (non-hydrogen) atoms. The van der Waals surface area contributed by atoms with E-state index in [9.17, 15) is 4.79 Å². The molecule has 1 saturated heterocycles. The highest BCUT2D eigenvalue weighted by molar-refractivity contribution is 5.99. The summed E-state index contributed by atoms with van der Waals surface area (Å²) in [6.07, 6.45) is 3.93. The number of benzene rings is 1. The van der Waals surface area contributed by atoms with Crippen LogP contribution in [0.1, 0.15) is 32.3 Å². The Hall–Kier alpha value is -1.72. The van der Waals surface area contributed by atoms with Gasteiger partial charge in [-0.3, -0.25) is 4.79 Å². The molecule has 2 aliphatic heterocycles. The minimum atomic E-state index is 0. The van der Waals surface area contributed by atoms with Crippen molar-refractivity contribution in [1.82, 2.24) is 4.90 Å². The second-order valence-corrected chi connectivity index (χ2v) is 6.58. The van der Waals surface area contributed by atoms with Gasteiger partial charge in [-0.15, -0.1) is 12.4 Å². The molecule has 6 heteroatoms. The number of carbonyl (C=O) groups is 1. The second-order valence-electron chi connectivity index (χ2n) is 6.58. The van der Waals surface area contributed by atoms with Crippen molar-refractivity contribution >= 4 is 24.4 Å². The smallest absolute Gasteiger partial charge is 0.253 e. The molecule has 1 fully saturated rings. The number of carbonyl (C=O) groups excluding carboxylic acids is 1. The largest absolute Gasteiger partial charge is 0.490 e. The molecular formula is C19H27ClN2O3. The molecule has 0 saturated carbocycles. The number of para-hydroxylation sites is 1. The first-order valence-electron chi connectivity index (χ1n) is 8.74. The standard InChI is InChI=1S/C19H26N2O3.ClH/c1-3-23-17-6-4-5-14-10-15(12-24-18(14)17)19(22)21-8-7-13(2)9-16(21)11-20;/h4-6,10,13,16H,3,7-9,11-12,20H2,1-2H3;1H. The molecule has 2 unspecified atom stereocenters. The predicted molar refractivity (Wildman–Crippen MR) is 101 cm³/mol. The van der Waals surface area contributed by atoms with Crippen molar-refractivity contribution in [2.24, 2.45) is 11.7 Å². The Kier molecular flexibility index (Phi) is 6.73. The highest BCUT2D eigenvalue weighted by Gasteiger charge is 2.32. The van der Waals surface area contributed by atoms with Crippen LogP contribution in [0.3, 0.4) is 0 Å². The fraction of sp³-hybridized carbons (Fsp3) is 0.526. The van der Waals surface area contributed by atoms with Gasteiger partial charge in [0.05, 0.1) is 12.2 Å². The number of nitrogens with two attached hydrogens (primary N) is 1. The summed E-state index contributed by atoms with van der Waals surface area (Å²) < 4.78 is 11.4. The van der Waals surface area contributed by atoms with Crippen molar-refractivity contribution in [2.75, 3.05) is 26.3 Å². The summed E-state index contributed by atoms with van der Waals surface area (Å²) in [4.78, 5) is 14.9. The van der Waals surface area contributed by atoms with Crippen LogP contribution in [0, 0.1) is 5.92 Å². The lowest BCUT2D eigenvalue weighted by Crippen LogP contribution is -2.50. The Morgan fingerprint density at radius 1 is 1.44 bits per heavy atom. The highest BCUT2D eigenvalue weighted by atomic mass is 35.5. The van der Waals surface area contributed by atoms with E-state index in [4.69, 9.17) is 15.2 Å². The van der Waals surface area contributed by atoms with Gasteiger partial charge >= 0.3 is 0 Å². The van der Waals surface area contributed by atoms with Crippen LogP contribution < -0.4 is 15.2 Å². The van der Waals surface area contributed by atoms with Crippen LogP contribution >= 0.6 is 12.4 Å². The Morgan fingerprint density at radius 2 is 2.24 bits per heavy atom. The summed E-state index contributed by atoms with van der Waals surface area (Å²) in [6.45, 7) is 6.30. The van der Waals surface area contributed by atoms with Gasteiger partial charge in [0.1, 0.15) is 6.61 Å². The first kappa shape index (κ1) is 19.6. The average Bonchev–Trinajstić information content (AvgIpc) is 2.61. The minimum absolute atomic E-state index is 0. The van der Waals surface area contributed by atoms with Gasteiger partial charge in [-0.1, -0.05) is 19.1 Å². The van der Waals surface area contributed by atoms with E-state index in [2.05, 4.69) is 6.92 Å². The molecule has 5 nitrogen and oxygen atoms in total. The number of amides is 1. The summed E-state index contributed by atoms with van der Waals surface area (Å²) in [5.74, 6) is 2.11. The minimum Gasteiger partial charge on any atom is -0.490 e.